The van der Waals surface area contributed by atoms with Gasteiger partial charge in [0.25, 0.3) is 5.91 Å². The molecule has 134 valence electrons. The topological polar surface area (TPSA) is 82.7 Å². The van der Waals surface area contributed by atoms with Crippen LogP contribution in [-0.2, 0) is 6.54 Å². The molecule has 2 aromatic heterocycles. The van der Waals surface area contributed by atoms with Gasteiger partial charge in [0.2, 0.25) is 0 Å². The molecule has 1 aromatic carbocycles. The molecular weight excluding hydrogens is 326 g/mol. The summed E-state index contributed by atoms with van der Waals surface area (Å²) in [5.74, 6) is -0.0420. The van der Waals surface area contributed by atoms with E-state index in [0.717, 1.165) is 28.9 Å². The summed E-state index contributed by atoms with van der Waals surface area (Å²) in [4.78, 5) is 16.3. The average Bonchev–Trinajstić information content (AvgIpc) is 3.16. The summed E-state index contributed by atoms with van der Waals surface area (Å²) in [5, 5.41) is 13.5. The number of H-pyrrole nitrogens is 1. The third-order valence-corrected chi connectivity index (χ3v) is 4.29. The first-order chi connectivity index (χ1) is 12.7. The van der Waals surface area contributed by atoms with Gasteiger partial charge in [0.15, 0.2) is 0 Å². The maximum absolute atomic E-state index is 12.1. The number of carbonyl (C=O) groups is 1. The Bertz CT molecular complexity index is 842. The summed E-state index contributed by atoms with van der Waals surface area (Å²) >= 11 is 0. The number of pyridine rings is 1. The van der Waals surface area contributed by atoms with Crippen molar-refractivity contribution in [1.82, 2.24) is 20.5 Å². The molecule has 0 saturated heterocycles. The van der Waals surface area contributed by atoms with E-state index in [4.69, 9.17) is 0 Å². The summed E-state index contributed by atoms with van der Waals surface area (Å²) in [6, 6.07) is 11.6. The van der Waals surface area contributed by atoms with Gasteiger partial charge in [0.1, 0.15) is 0 Å². The summed E-state index contributed by atoms with van der Waals surface area (Å²) < 4.78 is 0. The van der Waals surface area contributed by atoms with Crippen molar-refractivity contribution in [3.63, 3.8) is 0 Å². The Morgan fingerprint density at radius 3 is 2.69 bits per heavy atom. The summed E-state index contributed by atoms with van der Waals surface area (Å²) in [6.07, 6.45) is 6.27. The van der Waals surface area contributed by atoms with E-state index in [1.54, 1.807) is 6.20 Å². The number of nitrogens with one attached hydrogen (secondary N) is 3. The molecule has 3 N–H and O–H groups in total. The molecule has 0 radical (unpaired) electrons. The van der Waals surface area contributed by atoms with Gasteiger partial charge in [-0.2, -0.15) is 5.10 Å². The van der Waals surface area contributed by atoms with E-state index in [1.165, 1.54) is 0 Å². The number of anilines is 1. The zero-order chi connectivity index (χ0) is 18.4. The van der Waals surface area contributed by atoms with Crippen LogP contribution in [-0.4, -0.2) is 27.1 Å². The van der Waals surface area contributed by atoms with Gasteiger partial charge < -0.3 is 10.6 Å². The SMILES string of the molecule is CCC(C)NC(=O)c1ccc(NCc2cn[nH]c2-c2cccnc2)cc1. The second kappa shape index (κ2) is 8.29. The maximum Gasteiger partial charge on any atom is 0.251 e. The molecule has 0 aliphatic rings. The standard InChI is InChI=1S/C20H23N5O/c1-3-14(2)24-20(26)15-6-8-18(9-7-15)22-12-17-13-23-25-19(17)16-5-4-10-21-11-16/h4-11,13-14,22H,3,12H2,1-2H3,(H,23,25)(H,24,26). The molecule has 0 spiro atoms. The lowest BCUT2D eigenvalue weighted by molar-refractivity contribution is 0.0939. The van der Waals surface area contributed by atoms with Crippen LogP contribution < -0.4 is 10.6 Å². The number of amides is 1. The van der Waals surface area contributed by atoms with Gasteiger partial charge in [-0.05, 0) is 49.7 Å². The molecule has 26 heavy (non-hydrogen) atoms. The highest BCUT2D eigenvalue weighted by Gasteiger charge is 2.09. The number of rotatable bonds is 7. The molecule has 1 unspecified atom stereocenters. The summed E-state index contributed by atoms with van der Waals surface area (Å²) in [6.45, 7) is 4.67. The minimum atomic E-state index is -0.0420. The van der Waals surface area contributed by atoms with E-state index >= 15 is 0 Å². The zero-order valence-electron chi connectivity index (χ0n) is 15.0. The van der Waals surface area contributed by atoms with Crippen LogP contribution >= 0.6 is 0 Å². The summed E-state index contributed by atoms with van der Waals surface area (Å²) in [7, 11) is 0. The Morgan fingerprint density at radius 2 is 2.00 bits per heavy atom. The fraction of sp³-hybridized carbons (Fsp3) is 0.250. The van der Waals surface area contributed by atoms with Crippen molar-refractivity contribution in [2.75, 3.05) is 5.32 Å². The molecule has 0 bridgehead atoms. The normalized spacial score (nSPS) is 11.8. The second-order valence-corrected chi connectivity index (χ2v) is 6.23. The highest BCUT2D eigenvalue weighted by Crippen LogP contribution is 2.21. The number of carbonyl (C=O) groups excluding carboxylic acids is 1. The Labute approximate surface area is 153 Å². The first-order valence-corrected chi connectivity index (χ1v) is 8.74. The predicted molar refractivity (Wildman–Crippen MR) is 103 cm³/mol. The molecule has 3 rings (SSSR count). The summed E-state index contributed by atoms with van der Waals surface area (Å²) in [5.41, 5.74) is 4.62. The molecule has 0 fully saturated rings. The molecular formula is C20H23N5O. The van der Waals surface area contributed by atoms with Crippen LogP contribution in [0.5, 0.6) is 0 Å². The molecule has 6 heteroatoms. The first-order valence-electron chi connectivity index (χ1n) is 8.74. The Balaban J connectivity index is 1.63. The van der Waals surface area contributed by atoms with Crippen molar-refractivity contribution < 1.29 is 4.79 Å². The molecule has 2 heterocycles. The number of hydrogen-bond donors (Lipinski definition) is 3. The quantitative estimate of drug-likeness (QED) is 0.608. The number of nitrogens with zero attached hydrogens (tertiary/aromatic N) is 2. The van der Waals surface area contributed by atoms with Crippen LogP contribution in [0.25, 0.3) is 11.3 Å². The van der Waals surface area contributed by atoms with Crippen LogP contribution in [0.15, 0.2) is 55.0 Å². The molecule has 1 amide bonds. The van der Waals surface area contributed by atoms with E-state index in [9.17, 15) is 4.79 Å². The minimum Gasteiger partial charge on any atom is -0.381 e. The lowest BCUT2D eigenvalue weighted by atomic mass is 10.1. The van der Waals surface area contributed by atoms with Crippen molar-refractivity contribution in [1.29, 1.82) is 0 Å². The first kappa shape index (κ1) is 17.7. The van der Waals surface area contributed by atoms with Gasteiger partial charge in [0.05, 0.1) is 11.9 Å². The maximum atomic E-state index is 12.1. The van der Waals surface area contributed by atoms with E-state index < -0.39 is 0 Å². The highest BCUT2D eigenvalue weighted by atomic mass is 16.1. The van der Waals surface area contributed by atoms with Crippen molar-refractivity contribution in [2.24, 2.45) is 0 Å². The fourth-order valence-electron chi connectivity index (χ4n) is 2.55. The van der Waals surface area contributed by atoms with Gasteiger partial charge in [-0.3, -0.25) is 14.9 Å². The Kier molecular flexibility index (Phi) is 5.63. The number of aromatic nitrogens is 3. The molecule has 6 nitrogen and oxygen atoms in total. The monoisotopic (exact) mass is 349 g/mol. The lowest BCUT2D eigenvalue weighted by Gasteiger charge is -2.12. The molecule has 0 aliphatic carbocycles. The van der Waals surface area contributed by atoms with Crippen LogP contribution in [0.3, 0.4) is 0 Å². The predicted octanol–water partition coefficient (Wildman–Crippen LogP) is 3.61. The van der Waals surface area contributed by atoms with Crippen molar-refractivity contribution >= 4 is 11.6 Å². The third-order valence-electron chi connectivity index (χ3n) is 4.29. The Morgan fingerprint density at radius 1 is 1.19 bits per heavy atom. The van der Waals surface area contributed by atoms with E-state index in [0.29, 0.717) is 12.1 Å². The van der Waals surface area contributed by atoms with Gasteiger partial charge in [0, 0.05) is 47.4 Å². The van der Waals surface area contributed by atoms with Crippen LogP contribution in [0, 0.1) is 0 Å². The van der Waals surface area contributed by atoms with Crippen molar-refractivity contribution in [3.8, 4) is 11.3 Å². The Hall–Kier alpha value is -3.15. The fourth-order valence-corrected chi connectivity index (χ4v) is 2.55. The highest BCUT2D eigenvalue weighted by molar-refractivity contribution is 5.94. The number of benzene rings is 1. The molecule has 3 aromatic rings. The van der Waals surface area contributed by atoms with Gasteiger partial charge in [-0.15, -0.1) is 0 Å². The lowest BCUT2D eigenvalue weighted by Crippen LogP contribution is -2.31. The van der Waals surface area contributed by atoms with Gasteiger partial charge in [-0.1, -0.05) is 6.92 Å². The molecule has 1 atom stereocenters. The molecule has 0 aliphatic heterocycles. The second-order valence-electron chi connectivity index (χ2n) is 6.23. The van der Waals surface area contributed by atoms with E-state index in [1.807, 2.05) is 62.6 Å². The number of aromatic amines is 1. The van der Waals surface area contributed by atoms with E-state index in [-0.39, 0.29) is 11.9 Å². The smallest absolute Gasteiger partial charge is 0.251 e. The van der Waals surface area contributed by atoms with Crippen LogP contribution in [0.1, 0.15) is 36.2 Å². The zero-order valence-corrected chi connectivity index (χ0v) is 15.0. The average molecular weight is 349 g/mol. The minimum absolute atomic E-state index is 0.0420. The van der Waals surface area contributed by atoms with Gasteiger partial charge >= 0.3 is 0 Å². The molecule has 0 saturated carbocycles. The largest absolute Gasteiger partial charge is 0.381 e. The van der Waals surface area contributed by atoms with Crippen molar-refractivity contribution in [3.05, 3.63) is 66.1 Å². The van der Waals surface area contributed by atoms with Crippen molar-refractivity contribution in [2.45, 2.75) is 32.9 Å². The van der Waals surface area contributed by atoms with Crippen LogP contribution in [0.2, 0.25) is 0 Å². The third kappa shape index (κ3) is 4.27. The van der Waals surface area contributed by atoms with Crippen LogP contribution in [0.4, 0.5) is 5.69 Å². The van der Waals surface area contributed by atoms with E-state index in [2.05, 4.69) is 25.8 Å². The van der Waals surface area contributed by atoms with Gasteiger partial charge in [-0.25, -0.2) is 0 Å². The number of hydrogen-bond acceptors (Lipinski definition) is 4.